The second-order valence-electron chi connectivity index (χ2n) is 4.12. The Morgan fingerprint density at radius 1 is 1.47 bits per heavy atom. The first-order valence-corrected chi connectivity index (χ1v) is 5.22. The molecule has 0 saturated heterocycles. The lowest BCUT2D eigenvalue weighted by molar-refractivity contribution is 0.247. The highest BCUT2D eigenvalue weighted by molar-refractivity contribution is 5.16. The SMILES string of the molecule is CC(Cc1cccc(F)c1)C[C@H](N)CO. The molecule has 0 spiro atoms. The molecule has 0 heterocycles. The van der Waals surface area contributed by atoms with E-state index in [-0.39, 0.29) is 18.5 Å². The van der Waals surface area contributed by atoms with Gasteiger partial charge < -0.3 is 10.8 Å². The molecule has 1 unspecified atom stereocenters. The van der Waals surface area contributed by atoms with E-state index in [1.807, 2.05) is 6.07 Å². The standard InChI is InChI=1S/C12H18FNO/c1-9(6-12(14)8-15)5-10-3-2-4-11(13)7-10/h2-4,7,9,12,15H,5-6,8,14H2,1H3/t9?,12-/m0/s1. The van der Waals surface area contributed by atoms with E-state index in [1.54, 1.807) is 12.1 Å². The highest BCUT2D eigenvalue weighted by atomic mass is 19.1. The van der Waals surface area contributed by atoms with Crippen LogP contribution in [0.25, 0.3) is 0 Å². The molecule has 1 rings (SSSR count). The number of benzene rings is 1. The van der Waals surface area contributed by atoms with E-state index in [1.165, 1.54) is 6.07 Å². The van der Waals surface area contributed by atoms with Crippen molar-refractivity contribution in [1.82, 2.24) is 0 Å². The predicted molar refractivity (Wildman–Crippen MR) is 58.9 cm³/mol. The molecule has 84 valence electrons. The maximum Gasteiger partial charge on any atom is 0.123 e. The smallest absolute Gasteiger partial charge is 0.123 e. The lowest BCUT2D eigenvalue weighted by atomic mass is 9.95. The molecule has 3 N–H and O–H groups in total. The molecule has 2 atom stereocenters. The predicted octanol–water partition coefficient (Wildman–Crippen LogP) is 1.71. The van der Waals surface area contributed by atoms with Gasteiger partial charge in [0.05, 0.1) is 6.61 Å². The minimum atomic E-state index is -0.203. The van der Waals surface area contributed by atoms with Gasteiger partial charge in [0, 0.05) is 6.04 Å². The quantitative estimate of drug-likeness (QED) is 0.779. The van der Waals surface area contributed by atoms with Crippen LogP contribution in [0.15, 0.2) is 24.3 Å². The molecule has 0 aliphatic rings. The second-order valence-corrected chi connectivity index (χ2v) is 4.12. The molecule has 0 aromatic heterocycles. The molecule has 1 aromatic carbocycles. The summed E-state index contributed by atoms with van der Waals surface area (Å²) in [5.74, 6) is 0.153. The number of rotatable bonds is 5. The van der Waals surface area contributed by atoms with Crippen LogP contribution < -0.4 is 5.73 Å². The zero-order valence-corrected chi connectivity index (χ0v) is 8.99. The van der Waals surface area contributed by atoms with Crippen molar-refractivity contribution < 1.29 is 9.50 Å². The molecule has 3 heteroatoms. The molecule has 0 radical (unpaired) electrons. The van der Waals surface area contributed by atoms with E-state index in [0.717, 1.165) is 18.4 Å². The summed E-state index contributed by atoms with van der Waals surface area (Å²) in [7, 11) is 0. The number of halogens is 1. The first kappa shape index (κ1) is 12.1. The van der Waals surface area contributed by atoms with Gasteiger partial charge in [-0.2, -0.15) is 0 Å². The fourth-order valence-corrected chi connectivity index (χ4v) is 1.74. The summed E-state index contributed by atoms with van der Waals surface area (Å²) in [6.45, 7) is 2.06. The van der Waals surface area contributed by atoms with Crippen LogP contribution in [0.1, 0.15) is 18.9 Å². The average Bonchev–Trinajstić information content (AvgIpc) is 2.17. The minimum absolute atomic E-state index is 0.00743. The van der Waals surface area contributed by atoms with Gasteiger partial charge in [0.1, 0.15) is 5.82 Å². The summed E-state index contributed by atoms with van der Waals surface area (Å²) in [4.78, 5) is 0. The Balaban J connectivity index is 2.47. The summed E-state index contributed by atoms with van der Waals surface area (Å²) >= 11 is 0. The van der Waals surface area contributed by atoms with Crippen LogP contribution in [-0.2, 0) is 6.42 Å². The van der Waals surface area contributed by atoms with Gasteiger partial charge in [0.15, 0.2) is 0 Å². The third-order valence-electron chi connectivity index (χ3n) is 2.41. The molecule has 0 saturated carbocycles. The van der Waals surface area contributed by atoms with Crippen molar-refractivity contribution in [3.63, 3.8) is 0 Å². The zero-order valence-electron chi connectivity index (χ0n) is 8.99. The summed E-state index contributed by atoms with van der Waals surface area (Å²) in [5.41, 5.74) is 6.61. The van der Waals surface area contributed by atoms with Crippen LogP contribution in [0.2, 0.25) is 0 Å². The van der Waals surface area contributed by atoms with Crippen LogP contribution in [0.5, 0.6) is 0 Å². The molecule has 0 fully saturated rings. The molecule has 0 amide bonds. The highest BCUT2D eigenvalue weighted by Gasteiger charge is 2.09. The van der Waals surface area contributed by atoms with Gasteiger partial charge in [-0.1, -0.05) is 19.1 Å². The van der Waals surface area contributed by atoms with Crippen LogP contribution >= 0.6 is 0 Å². The first-order chi connectivity index (χ1) is 7.11. The normalized spacial score (nSPS) is 14.9. The Labute approximate surface area is 89.9 Å². The van der Waals surface area contributed by atoms with Crippen molar-refractivity contribution in [1.29, 1.82) is 0 Å². The van der Waals surface area contributed by atoms with E-state index in [0.29, 0.717) is 5.92 Å². The van der Waals surface area contributed by atoms with E-state index < -0.39 is 0 Å². The van der Waals surface area contributed by atoms with E-state index in [9.17, 15) is 4.39 Å². The van der Waals surface area contributed by atoms with Crippen molar-refractivity contribution in [2.75, 3.05) is 6.61 Å². The van der Waals surface area contributed by atoms with Crippen molar-refractivity contribution in [3.05, 3.63) is 35.6 Å². The number of aliphatic hydroxyl groups excluding tert-OH is 1. The fraction of sp³-hybridized carbons (Fsp3) is 0.500. The Hall–Kier alpha value is -0.930. The number of hydrogen-bond donors (Lipinski definition) is 2. The third-order valence-corrected chi connectivity index (χ3v) is 2.41. The summed E-state index contributed by atoms with van der Waals surface area (Å²) < 4.78 is 12.9. The lowest BCUT2D eigenvalue weighted by Gasteiger charge is -2.15. The number of nitrogens with two attached hydrogens (primary N) is 1. The highest BCUT2D eigenvalue weighted by Crippen LogP contribution is 2.13. The minimum Gasteiger partial charge on any atom is -0.395 e. The monoisotopic (exact) mass is 211 g/mol. The Bertz CT molecular complexity index is 303. The second kappa shape index (κ2) is 5.83. The van der Waals surface area contributed by atoms with Gasteiger partial charge in [-0.3, -0.25) is 0 Å². The van der Waals surface area contributed by atoms with Crippen molar-refractivity contribution in [2.45, 2.75) is 25.8 Å². The Kier molecular flexibility index (Phi) is 4.72. The fourth-order valence-electron chi connectivity index (χ4n) is 1.74. The van der Waals surface area contributed by atoms with Gasteiger partial charge in [-0.15, -0.1) is 0 Å². The van der Waals surface area contributed by atoms with Crippen LogP contribution in [0, 0.1) is 11.7 Å². The van der Waals surface area contributed by atoms with E-state index in [2.05, 4.69) is 6.92 Å². The molecule has 15 heavy (non-hydrogen) atoms. The molecular formula is C12H18FNO. The summed E-state index contributed by atoms with van der Waals surface area (Å²) in [6, 6.07) is 6.43. The summed E-state index contributed by atoms with van der Waals surface area (Å²) in [6.07, 6.45) is 1.55. The van der Waals surface area contributed by atoms with E-state index >= 15 is 0 Å². The van der Waals surface area contributed by atoms with Gasteiger partial charge in [0.2, 0.25) is 0 Å². The van der Waals surface area contributed by atoms with Crippen LogP contribution in [0.4, 0.5) is 4.39 Å². The van der Waals surface area contributed by atoms with Crippen molar-refractivity contribution >= 4 is 0 Å². The Morgan fingerprint density at radius 2 is 2.20 bits per heavy atom. The largest absolute Gasteiger partial charge is 0.395 e. The molecule has 1 aromatic rings. The van der Waals surface area contributed by atoms with Crippen LogP contribution in [0.3, 0.4) is 0 Å². The van der Waals surface area contributed by atoms with Gasteiger partial charge >= 0.3 is 0 Å². The molecule has 0 bridgehead atoms. The zero-order chi connectivity index (χ0) is 11.3. The van der Waals surface area contributed by atoms with E-state index in [4.69, 9.17) is 10.8 Å². The van der Waals surface area contributed by atoms with Gasteiger partial charge in [-0.25, -0.2) is 4.39 Å². The molecule has 0 aliphatic heterocycles. The molecule has 0 aliphatic carbocycles. The van der Waals surface area contributed by atoms with Crippen molar-refractivity contribution in [2.24, 2.45) is 11.7 Å². The molecular weight excluding hydrogens is 193 g/mol. The first-order valence-electron chi connectivity index (χ1n) is 5.22. The maximum absolute atomic E-state index is 12.9. The van der Waals surface area contributed by atoms with Crippen LogP contribution in [-0.4, -0.2) is 17.8 Å². The maximum atomic E-state index is 12.9. The Morgan fingerprint density at radius 3 is 2.80 bits per heavy atom. The average molecular weight is 211 g/mol. The lowest BCUT2D eigenvalue weighted by Crippen LogP contribution is -2.27. The topological polar surface area (TPSA) is 46.2 Å². The third kappa shape index (κ3) is 4.40. The molecule has 2 nitrogen and oxygen atoms in total. The number of aliphatic hydroxyl groups is 1. The number of hydrogen-bond acceptors (Lipinski definition) is 2. The van der Waals surface area contributed by atoms with Gasteiger partial charge in [0.25, 0.3) is 0 Å². The van der Waals surface area contributed by atoms with Gasteiger partial charge in [-0.05, 0) is 36.5 Å². The summed E-state index contributed by atoms with van der Waals surface area (Å²) in [5, 5.41) is 8.81. The van der Waals surface area contributed by atoms with Crippen molar-refractivity contribution in [3.8, 4) is 0 Å².